The first-order valence-electron chi connectivity index (χ1n) is 6.42. The molecule has 0 unspecified atom stereocenters. The summed E-state index contributed by atoms with van der Waals surface area (Å²) in [5.74, 6) is 1.79. The number of hydrogen-bond donors (Lipinski definition) is 1. The van der Waals surface area contributed by atoms with Crippen LogP contribution < -0.4 is 10.1 Å². The highest BCUT2D eigenvalue weighted by atomic mass is 16.5. The van der Waals surface area contributed by atoms with Crippen molar-refractivity contribution in [3.8, 4) is 5.88 Å². The molecule has 1 N–H and O–H groups in total. The van der Waals surface area contributed by atoms with Crippen LogP contribution >= 0.6 is 0 Å². The number of rotatable bonds is 7. The van der Waals surface area contributed by atoms with Crippen molar-refractivity contribution in [1.82, 2.24) is 14.4 Å². The molecule has 2 heterocycles. The van der Waals surface area contributed by atoms with E-state index < -0.39 is 0 Å². The van der Waals surface area contributed by atoms with Crippen molar-refractivity contribution in [3.63, 3.8) is 0 Å². The quantitative estimate of drug-likeness (QED) is 0.773. The van der Waals surface area contributed by atoms with Crippen LogP contribution in [0.1, 0.15) is 13.8 Å². The highest BCUT2D eigenvalue weighted by Crippen LogP contribution is 2.18. The second-order valence-electron chi connectivity index (χ2n) is 4.66. The van der Waals surface area contributed by atoms with Crippen LogP contribution in [0.4, 0.5) is 5.82 Å². The Labute approximate surface area is 112 Å². The minimum atomic E-state index is 0.468. The molecule has 6 heteroatoms. The molecule has 0 radical (unpaired) electrons. The van der Waals surface area contributed by atoms with Crippen LogP contribution in [-0.2, 0) is 4.74 Å². The molecule has 0 saturated carbocycles. The average molecular weight is 264 g/mol. The van der Waals surface area contributed by atoms with Crippen molar-refractivity contribution in [3.05, 3.63) is 18.6 Å². The van der Waals surface area contributed by atoms with Gasteiger partial charge in [0, 0.05) is 26.0 Å². The predicted molar refractivity (Wildman–Crippen MR) is 73.7 cm³/mol. The molecule has 0 fully saturated rings. The van der Waals surface area contributed by atoms with Crippen molar-refractivity contribution >= 4 is 11.5 Å². The van der Waals surface area contributed by atoms with Gasteiger partial charge in [-0.3, -0.25) is 4.40 Å². The fourth-order valence-corrected chi connectivity index (χ4v) is 1.64. The molecule has 0 bridgehead atoms. The van der Waals surface area contributed by atoms with Crippen LogP contribution in [0.15, 0.2) is 18.6 Å². The average Bonchev–Trinajstić information content (AvgIpc) is 2.85. The third kappa shape index (κ3) is 3.57. The van der Waals surface area contributed by atoms with Crippen LogP contribution in [0.25, 0.3) is 5.65 Å². The van der Waals surface area contributed by atoms with Gasteiger partial charge >= 0.3 is 0 Å². The Bertz CT molecular complexity index is 524. The van der Waals surface area contributed by atoms with Gasteiger partial charge in [0.15, 0.2) is 0 Å². The van der Waals surface area contributed by atoms with Crippen LogP contribution in [0.3, 0.4) is 0 Å². The Kier molecular flexibility index (Phi) is 4.57. The smallest absolute Gasteiger partial charge is 0.260 e. The van der Waals surface area contributed by atoms with Gasteiger partial charge in [0.1, 0.15) is 12.4 Å². The number of anilines is 1. The first-order chi connectivity index (χ1) is 9.20. The Morgan fingerprint density at radius 1 is 1.37 bits per heavy atom. The summed E-state index contributed by atoms with van der Waals surface area (Å²) >= 11 is 0. The van der Waals surface area contributed by atoms with Crippen LogP contribution in [0.2, 0.25) is 0 Å². The van der Waals surface area contributed by atoms with Crippen molar-refractivity contribution in [2.24, 2.45) is 5.92 Å². The van der Waals surface area contributed by atoms with Gasteiger partial charge in [0.05, 0.1) is 12.8 Å². The number of imidazole rings is 1. The molecule has 2 rings (SSSR count). The SMILES string of the molecule is CNc1cn2ccnc2c(OCCOCC(C)C)n1. The Morgan fingerprint density at radius 2 is 2.21 bits per heavy atom. The molecular formula is C13H20N4O2. The van der Waals surface area contributed by atoms with E-state index in [2.05, 4.69) is 29.1 Å². The molecule has 19 heavy (non-hydrogen) atoms. The highest BCUT2D eigenvalue weighted by Gasteiger charge is 2.08. The van der Waals surface area contributed by atoms with Gasteiger partial charge < -0.3 is 14.8 Å². The third-order valence-electron chi connectivity index (χ3n) is 2.52. The van der Waals surface area contributed by atoms with Gasteiger partial charge in [0.2, 0.25) is 5.65 Å². The highest BCUT2D eigenvalue weighted by molar-refractivity contribution is 5.53. The zero-order chi connectivity index (χ0) is 13.7. The summed E-state index contributed by atoms with van der Waals surface area (Å²) in [6.45, 7) is 6.00. The zero-order valence-electron chi connectivity index (χ0n) is 11.6. The second kappa shape index (κ2) is 6.38. The van der Waals surface area contributed by atoms with Gasteiger partial charge in [0.25, 0.3) is 5.88 Å². The predicted octanol–water partition coefficient (Wildman–Crippen LogP) is 1.82. The monoisotopic (exact) mass is 264 g/mol. The maximum atomic E-state index is 5.64. The van der Waals surface area contributed by atoms with Crippen molar-refractivity contribution in [2.45, 2.75) is 13.8 Å². The molecule has 2 aromatic heterocycles. The van der Waals surface area contributed by atoms with Crippen LogP contribution in [0.5, 0.6) is 5.88 Å². The topological polar surface area (TPSA) is 60.7 Å². The van der Waals surface area contributed by atoms with Gasteiger partial charge in [-0.2, -0.15) is 4.98 Å². The minimum absolute atomic E-state index is 0.468. The van der Waals surface area contributed by atoms with E-state index in [0.29, 0.717) is 30.7 Å². The number of hydrogen-bond acceptors (Lipinski definition) is 5. The fourth-order valence-electron chi connectivity index (χ4n) is 1.64. The summed E-state index contributed by atoms with van der Waals surface area (Å²) in [6.07, 6.45) is 5.45. The standard InChI is InChI=1S/C13H20N4O2/c1-10(2)9-18-6-7-19-13-12-15-4-5-17(12)8-11(14-3)16-13/h4-5,8,10,14H,6-7,9H2,1-3H3. The van der Waals surface area contributed by atoms with Gasteiger partial charge in [-0.15, -0.1) is 0 Å². The lowest BCUT2D eigenvalue weighted by molar-refractivity contribution is 0.0809. The van der Waals surface area contributed by atoms with Crippen LogP contribution in [0, 0.1) is 5.92 Å². The molecule has 0 aliphatic carbocycles. The van der Waals surface area contributed by atoms with Crippen molar-refractivity contribution in [1.29, 1.82) is 0 Å². The Balaban J connectivity index is 1.97. The molecule has 0 aliphatic heterocycles. The Hall–Kier alpha value is -1.82. The largest absolute Gasteiger partial charge is 0.473 e. The molecule has 6 nitrogen and oxygen atoms in total. The van der Waals surface area contributed by atoms with E-state index in [0.717, 1.165) is 12.4 Å². The number of nitrogens with one attached hydrogen (secondary N) is 1. The molecule has 104 valence electrons. The number of nitrogens with zero attached hydrogens (tertiary/aromatic N) is 3. The lowest BCUT2D eigenvalue weighted by Crippen LogP contribution is -2.11. The zero-order valence-corrected chi connectivity index (χ0v) is 11.6. The normalized spacial score (nSPS) is 11.2. The summed E-state index contributed by atoms with van der Waals surface area (Å²) < 4.78 is 13.0. The maximum Gasteiger partial charge on any atom is 0.260 e. The van der Waals surface area contributed by atoms with Gasteiger partial charge in [-0.05, 0) is 5.92 Å². The van der Waals surface area contributed by atoms with E-state index >= 15 is 0 Å². The number of aromatic nitrogens is 3. The molecule has 0 amide bonds. The first kappa shape index (κ1) is 13.6. The van der Waals surface area contributed by atoms with Gasteiger partial charge in [-0.1, -0.05) is 13.8 Å². The molecule has 0 aromatic carbocycles. The third-order valence-corrected chi connectivity index (χ3v) is 2.52. The molecule has 0 aliphatic rings. The summed E-state index contributed by atoms with van der Waals surface area (Å²) in [5, 5.41) is 2.99. The second-order valence-corrected chi connectivity index (χ2v) is 4.66. The first-order valence-corrected chi connectivity index (χ1v) is 6.42. The molecule has 0 saturated heterocycles. The van der Waals surface area contributed by atoms with E-state index in [9.17, 15) is 0 Å². The number of fused-ring (bicyclic) bond motifs is 1. The summed E-state index contributed by atoms with van der Waals surface area (Å²) in [6, 6.07) is 0. The summed E-state index contributed by atoms with van der Waals surface area (Å²) in [4.78, 5) is 8.58. The Morgan fingerprint density at radius 3 is 2.95 bits per heavy atom. The van der Waals surface area contributed by atoms with E-state index in [1.807, 2.05) is 23.8 Å². The number of ether oxygens (including phenoxy) is 2. The van der Waals surface area contributed by atoms with Crippen molar-refractivity contribution in [2.75, 3.05) is 32.2 Å². The molecule has 0 atom stereocenters. The van der Waals surface area contributed by atoms with E-state index in [1.54, 1.807) is 6.20 Å². The fraction of sp³-hybridized carbons (Fsp3) is 0.538. The summed E-state index contributed by atoms with van der Waals surface area (Å²) in [7, 11) is 1.82. The molecule has 0 spiro atoms. The van der Waals surface area contributed by atoms with Gasteiger partial charge in [-0.25, -0.2) is 4.98 Å². The maximum absolute atomic E-state index is 5.64. The van der Waals surface area contributed by atoms with Crippen molar-refractivity contribution < 1.29 is 9.47 Å². The lowest BCUT2D eigenvalue weighted by Gasteiger charge is -2.10. The van der Waals surface area contributed by atoms with E-state index in [4.69, 9.17) is 9.47 Å². The van der Waals surface area contributed by atoms with E-state index in [-0.39, 0.29) is 0 Å². The van der Waals surface area contributed by atoms with E-state index in [1.165, 1.54) is 0 Å². The lowest BCUT2D eigenvalue weighted by atomic mass is 10.2. The summed E-state index contributed by atoms with van der Waals surface area (Å²) in [5.41, 5.74) is 0.711. The molecule has 2 aromatic rings. The molecular weight excluding hydrogens is 244 g/mol. The minimum Gasteiger partial charge on any atom is -0.473 e. The van der Waals surface area contributed by atoms with Crippen LogP contribution in [-0.4, -0.2) is 41.2 Å².